The van der Waals surface area contributed by atoms with Crippen LogP contribution in [0.3, 0.4) is 0 Å². The summed E-state index contributed by atoms with van der Waals surface area (Å²) in [6.45, 7) is 5.05. The van der Waals surface area contributed by atoms with Gasteiger partial charge >= 0.3 is 0 Å². The van der Waals surface area contributed by atoms with E-state index < -0.39 is 0 Å². The lowest BCUT2D eigenvalue weighted by molar-refractivity contribution is 0.349. The molecule has 0 N–H and O–H groups in total. The van der Waals surface area contributed by atoms with Crippen LogP contribution in [-0.4, -0.2) is 31.8 Å². The van der Waals surface area contributed by atoms with Gasteiger partial charge in [-0.1, -0.05) is 24.2 Å². The fourth-order valence-electron chi connectivity index (χ4n) is 3.46. The molecule has 2 fully saturated rings. The highest BCUT2D eigenvalue weighted by atomic mass is 16.5. The molecule has 140 valence electrons. The molecule has 1 aliphatic heterocycles. The van der Waals surface area contributed by atoms with Gasteiger partial charge in [-0.3, -0.25) is 0 Å². The zero-order valence-electron chi connectivity index (χ0n) is 15.5. The van der Waals surface area contributed by atoms with E-state index in [0.717, 1.165) is 55.3 Å². The predicted molar refractivity (Wildman–Crippen MR) is 97.2 cm³/mol. The summed E-state index contributed by atoms with van der Waals surface area (Å²) in [5.41, 5.74) is 0.841. The molecule has 8 heteroatoms. The van der Waals surface area contributed by atoms with Crippen LogP contribution in [0, 0.1) is 0 Å². The lowest BCUT2D eigenvalue weighted by Gasteiger charge is -2.22. The van der Waals surface area contributed by atoms with Gasteiger partial charge in [0.05, 0.1) is 5.56 Å². The highest BCUT2D eigenvalue weighted by Gasteiger charge is 2.32. The van der Waals surface area contributed by atoms with E-state index in [1.807, 2.05) is 12.1 Å². The Balaban J connectivity index is 1.36. The highest BCUT2D eigenvalue weighted by Crippen LogP contribution is 2.39. The molecule has 0 bridgehead atoms. The Morgan fingerprint density at radius 2 is 1.96 bits per heavy atom. The molecule has 3 aromatic rings. The van der Waals surface area contributed by atoms with Crippen LogP contribution in [0.25, 0.3) is 11.5 Å². The van der Waals surface area contributed by atoms with E-state index in [9.17, 15) is 0 Å². The van der Waals surface area contributed by atoms with Gasteiger partial charge in [-0.05, 0) is 37.8 Å². The maximum absolute atomic E-state index is 5.52. The van der Waals surface area contributed by atoms with Crippen LogP contribution in [0.15, 0.2) is 27.4 Å². The van der Waals surface area contributed by atoms with E-state index in [-0.39, 0.29) is 12.0 Å². The average Bonchev–Trinajstić information content (AvgIpc) is 3.10. The molecule has 1 aliphatic carbocycles. The molecular formula is C19H22N6O2. The maximum Gasteiger partial charge on any atom is 0.259 e. The van der Waals surface area contributed by atoms with Gasteiger partial charge in [-0.25, -0.2) is 4.98 Å². The molecule has 4 heterocycles. The summed E-state index contributed by atoms with van der Waals surface area (Å²) in [5, 5.41) is 8.17. The van der Waals surface area contributed by atoms with Crippen LogP contribution in [0.2, 0.25) is 0 Å². The molecule has 5 rings (SSSR count). The monoisotopic (exact) mass is 366 g/mol. The average molecular weight is 366 g/mol. The smallest absolute Gasteiger partial charge is 0.259 e. The zero-order chi connectivity index (χ0) is 18.4. The summed E-state index contributed by atoms with van der Waals surface area (Å²) in [6, 6.07) is 4.05. The Labute approximate surface area is 157 Å². The van der Waals surface area contributed by atoms with Crippen molar-refractivity contribution in [2.24, 2.45) is 0 Å². The van der Waals surface area contributed by atoms with E-state index in [1.165, 1.54) is 0 Å². The van der Waals surface area contributed by atoms with E-state index in [0.29, 0.717) is 17.7 Å². The Morgan fingerprint density at radius 1 is 1.07 bits per heavy atom. The molecule has 0 aromatic carbocycles. The first-order chi connectivity index (χ1) is 13.2. The van der Waals surface area contributed by atoms with Crippen LogP contribution in [0.5, 0.6) is 0 Å². The van der Waals surface area contributed by atoms with Crippen LogP contribution >= 0.6 is 0 Å². The molecule has 1 unspecified atom stereocenters. The quantitative estimate of drug-likeness (QED) is 0.672. The van der Waals surface area contributed by atoms with Crippen LogP contribution in [0.1, 0.15) is 74.9 Å². The van der Waals surface area contributed by atoms with Crippen LogP contribution < -0.4 is 4.90 Å². The molecule has 8 nitrogen and oxygen atoms in total. The van der Waals surface area contributed by atoms with E-state index in [1.54, 1.807) is 6.20 Å². The molecule has 27 heavy (non-hydrogen) atoms. The minimum Gasteiger partial charge on any atom is -0.345 e. The summed E-state index contributed by atoms with van der Waals surface area (Å²) in [4.78, 5) is 15.9. The van der Waals surface area contributed by atoms with Gasteiger partial charge in [0.15, 0.2) is 11.6 Å². The molecule has 0 radical (unpaired) electrons. The summed E-state index contributed by atoms with van der Waals surface area (Å²) in [7, 11) is 0. The third-order valence-corrected chi connectivity index (χ3v) is 5.19. The number of aromatic nitrogens is 5. The highest BCUT2D eigenvalue weighted by molar-refractivity contribution is 5.55. The second-order valence-corrected chi connectivity index (χ2v) is 7.63. The minimum absolute atomic E-state index is 0.0771. The Bertz CT molecular complexity index is 928. The molecule has 3 aromatic heterocycles. The summed E-state index contributed by atoms with van der Waals surface area (Å²) in [5.74, 6) is 4.40. The Morgan fingerprint density at radius 3 is 2.67 bits per heavy atom. The topological polar surface area (TPSA) is 94.0 Å². The van der Waals surface area contributed by atoms with Crippen molar-refractivity contribution < 1.29 is 9.05 Å². The number of nitrogens with zero attached hydrogens (tertiary/aromatic N) is 6. The van der Waals surface area contributed by atoms with E-state index >= 15 is 0 Å². The standard InChI is InChI=1S/C19H22N6O2/c1-11(2)16-21-19(27-23-16)14-4-3-9-25(14)15-8-7-13(10-20-15)18-22-17(24-26-18)12-5-6-12/h7-8,10-12,14H,3-6,9H2,1-2H3. The van der Waals surface area contributed by atoms with Gasteiger partial charge in [-0.15, -0.1) is 0 Å². The second kappa shape index (κ2) is 6.44. The fourth-order valence-corrected chi connectivity index (χ4v) is 3.46. The normalized spacial score (nSPS) is 20.0. The molecule has 1 atom stereocenters. The maximum atomic E-state index is 5.52. The van der Waals surface area contributed by atoms with Crippen molar-refractivity contribution in [1.82, 2.24) is 25.3 Å². The largest absolute Gasteiger partial charge is 0.345 e. The summed E-state index contributed by atoms with van der Waals surface area (Å²) < 4.78 is 10.9. The Hall–Kier alpha value is -2.77. The van der Waals surface area contributed by atoms with Gasteiger partial charge in [0.1, 0.15) is 11.9 Å². The van der Waals surface area contributed by atoms with Gasteiger partial charge in [0.2, 0.25) is 5.89 Å². The van der Waals surface area contributed by atoms with Gasteiger partial charge in [-0.2, -0.15) is 9.97 Å². The third-order valence-electron chi connectivity index (χ3n) is 5.19. The third kappa shape index (κ3) is 3.09. The van der Waals surface area contributed by atoms with Crippen molar-refractivity contribution >= 4 is 5.82 Å². The number of anilines is 1. The van der Waals surface area contributed by atoms with Gasteiger partial charge < -0.3 is 13.9 Å². The van der Waals surface area contributed by atoms with Crippen molar-refractivity contribution in [1.29, 1.82) is 0 Å². The molecule has 0 amide bonds. The van der Waals surface area contributed by atoms with Crippen molar-refractivity contribution in [2.45, 2.75) is 57.4 Å². The predicted octanol–water partition coefficient (Wildman–Crippen LogP) is 3.86. The zero-order valence-corrected chi connectivity index (χ0v) is 15.5. The first-order valence-corrected chi connectivity index (χ1v) is 9.59. The first kappa shape index (κ1) is 16.4. The van der Waals surface area contributed by atoms with Crippen molar-refractivity contribution in [3.05, 3.63) is 35.9 Å². The number of pyridine rings is 1. The number of rotatable bonds is 5. The number of hydrogen-bond acceptors (Lipinski definition) is 8. The van der Waals surface area contributed by atoms with Crippen molar-refractivity contribution in [3.8, 4) is 11.5 Å². The van der Waals surface area contributed by atoms with Crippen molar-refractivity contribution in [2.75, 3.05) is 11.4 Å². The van der Waals surface area contributed by atoms with Crippen LogP contribution in [-0.2, 0) is 0 Å². The fraction of sp³-hybridized carbons (Fsp3) is 0.526. The first-order valence-electron chi connectivity index (χ1n) is 9.59. The van der Waals surface area contributed by atoms with E-state index in [4.69, 9.17) is 9.05 Å². The molecule has 2 aliphatic rings. The van der Waals surface area contributed by atoms with Crippen LogP contribution in [0.4, 0.5) is 5.82 Å². The molecular weight excluding hydrogens is 344 g/mol. The van der Waals surface area contributed by atoms with Gasteiger partial charge in [0, 0.05) is 24.6 Å². The van der Waals surface area contributed by atoms with Gasteiger partial charge in [0.25, 0.3) is 5.89 Å². The minimum atomic E-state index is 0.0771. The van der Waals surface area contributed by atoms with E-state index in [2.05, 4.69) is 44.0 Å². The lowest BCUT2D eigenvalue weighted by Crippen LogP contribution is -2.23. The number of hydrogen-bond donors (Lipinski definition) is 0. The molecule has 1 saturated heterocycles. The SMILES string of the molecule is CC(C)c1noc(C2CCCN2c2ccc(-c3nc(C4CC4)no3)cn2)n1. The second-order valence-electron chi connectivity index (χ2n) is 7.63. The molecule has 1 saturated carbocycles. The summed E-state index contributed by atoms with van der Waals surface area (Å²) in [6.07, 6.45) is 6.16. The Kier molecular flexibility index (Phi) is 3.91. The lowest BCUT2D eigenvalue weighted by atomic mass is 10.2. The molecule has 0 spiro atoms. The summed E-state index contributed by atoms with van der Waals surface area (Å²) >= 11 is 0. The van der Waals surface area contributed by atoms with Crippen molar-refractivity contribution in [3.63, 3.8) is 0 Å².